The van der Waals surface area contributed by atoms with E-state index in [4.69, 9.17) is 10.9 Å². The molecule has 1 atom stereocenters. The normalized spacial score (nSPS) is 15.3. The van der Waals surface area contributed by atoms with E-state index in [0.717, 1.165) is 6.54 Å². The van der Waals surface area contributed by atoms with Crippen LogP contribution >= 0.6 is 0 Å². The lowest BCUT2D eigenvalue weighted by Crippen LogP contribution is -2.42. The first-order chi connectivity index (χ1) is 6.90. The number of rotatable bonds is 6. The molecule has 0 aliphatic rings. The lowest BCUT2D eigenvalue weighted by molar-refractivity contribution is 0.272. The number of hydrogen-bond acceptors (Lipinski definition) is 3. The SMILES string of the molecule is CC(NCC(C(C)C)C(C)C)C(N)=NO. The minimum Gasteiger partial charge on any atom is -0.409 e. The maximum absolute atomic E-state index is 8.51. The molecule has 1 unspecified atom stereocenters. The van der Waals surface area contributed by atoms with E-state index in [-0.39, 0.29) is 11.9 Å². The van der Waals surface area contributed by atoms with Crippen LogP contribution in [-0.2, 0) is 0 Å². The van der Waals surface area contributed by atoms with Gasteiger partial charge in [-0.25, -0.2) is 0 Å². The van der Waals surface area contributed by atoms with Crippen molar-refractivity contribution >= 4 is 5.84 Å². The van der Waals surface area contributed by atoms with Gasteiger partial charge in [0.2, 0.25) is 0 Å². The summed E-state index contributed by atoms with van der Waals surface area (Å²) in [7, 11) is 0. The third-order valence-corrected chi connectivity index (χ3v) is 2.93. The maximum Gasteiger partial charge on any atom is 0.156 e. The van der Waals surface area contributed by atoms with Crippen molar-refractivity contribution in [3.05, 3.63) is 0 Å². The molecule has 0 heterocycles. The summed E-state index contributed by atoms with van der Waals surface area (Å²) in [6, 6.07) is -0.0741. The van der Waals surface area contributed by atoms with E-state index in [1.54, 1.807) is 0 Å². The molecule has 4 heteroatoms. The number of amidine groups is 1. The second-order valence-corrected chi connectivity index (χ2v) is 4.81. The maximum atomic E-state index is 8.51. The van der Waals surface area contributed by atoms with Crippen molar-refractivity contribution in [2.75, 3.05) is 6.54 Å². The van der Waals surface area contributed by atoms with Crippen LogP contribution in [0.4, 0.5) is 0 Å². The molecule has 0 rings (SSSR count). The van der Waals surface area contributed by atoms with Crippen molar-refractivity contribution in [1.29, 1.82) is 0 Å². The van der Waals surface area contributed by atoms with Crippen LogP contribution in [0.5, 0.6) is 0 Å². The molecule has 0 aliphatic heterocycles. The first kappa shape index (κ1) is 14.2. The summed E-state index contributed by atoms with van der Waals surface area (Å²) >= 11 is 0. The monoisotopic (exact) mass is 215 g/mol. The summed E-state index contributed by atoms with van der Waals surface area (Å²) in [5, 5.41) is 14.8. The summed E-state index contributed by atoms with van der Waals surface area (Å²) < 4.78 is 0. The molecule has 4 N–H and O–H groups in total. The Morgan fingerprint density at radius 3 is 2.00 bits per heavy atom. The van der Waals surface area contributed by atoms with Gasteiger partial charge in [-0.05, 0) is 31.2 Å². The summed E-state index contributed by atoms with van der Waals surface area (Å²) in [5.74, 6) is 2.12. The van der Waals surface area contributed by atoms with Crippen LogP contribution in [0.15, 0.2) is 5.16 Å². The highest BCUT2D eigenvalue weighted by molar-refractivity contribution is 5.84. The van der Waals surface area contributed by atoms with E-state index in [2.05, 4.69) is 38.2 Å². The Balaban J connectivity index is 4.11. The van der Waals surface area contributed by atoms with Crippen molar-refractivity contribution in [2.24, 2.45) is 28.6 Å². The van der Waals surface area contributed by atoms with E-state index >= 15 is 0 Å². The Bertz CT molecular complexity index is 194. The standard InChI is InChI=1S/C11H25N3O/c1-7(2)10(8(3)4)6-13-9(5)11(12)14-15/h7-10,13,15H,6H2,1-5H3,(H2,12,14). The van der Waals surface area contributed by atoms with Crippen LogP contribution in [-0.4, -0.2) is 23.6 Å². The van der Waals surface area contributed by atoms with Crippen molar-refractivity contribution in [3.63, 3.8) is 0 Å². The predicted octanol–water partition coefficient (Wildman–Crippen LogP) is 1.64. The number of nitrogens with one attached hydrogen (secondary N) is 1. The van der Waals surface area contributed by atoms with Gasteiger partial charge in [0, 0.05) is 0 Å². The third kappa shape index (κ3) is 5.02. The van der Waals surface area contributed by atoms with Gasteiger partial charge in [-0.15, -0.1) is 0 Å². The molecule has 0 saturated carbocycles. The Morgan fingerprint density at radius 2 is 1.67 bits per heavy atom. The van der Waals surface area contributed by atoms with Gasteiger partial charge in [-0.3, -0.25) is 0 Å². The Kier molecular flexibility index (Phi) is 6.32. The second kappa shape index (κ2) is 6.67. The first-order valence-electron chi connectivity index (χ1n) is 5.60. The second-order valence-electron chi connectivity index (χ2n) is 4.81. The van der Waals surface area contributed by atoms with Crippen molar-refractivity contribution in [2.45, 2.75) is 40.7 Å². The topological polar surface area (TPSA) is 70.6 Å². The lowest BCUT2D eigenvalue weighted by atomic mass is 9.85. The lowest BCUT2D eigenvalue weighted by Gasteiger charge is -2.26. The smallest absolute Gasteiger partial charge is 0.156 e. The highest BCUT2D eigenvalue weighted by Crippen LogP contribution is 2.19. The molecule has 0 aliphatic carbocycles. The average Bonchev–Trinajstić information content (AvgIpc) is 2.15. The minimum absolute atomic E-state index is 0.0741. The Labute approximate surface area is 92.9 Å². The van der Waals surface area contributed by atoms with Crippen LogP contribution in [0, 0.1) is 17.8 Å². The third-order valence-electron chi connectivity index (χ3n) is 2.93. The molecule has 0 spiro atoms. The van der Waals surface area contributed by atoms with Crippen LogP contribution in [0.25, 0.3) is 0 Å². The van der Waals surface area contributed by atoms with Gasteiger partial charge in [0.05, 0.1) is 6.04 Å². The van der Waals surface area contributed by atoms with Crippen LogP contribution < -0.4 is 11.1 Å². The predicted molar refractivity (Wildman–Crippen MR) is 64.0 cm³/mol. The van der Waals surface area contributed by atoms with Gasteiger partial charge < -0.3 is 16.3 Å². The molecule has 90 valence electrons. The zero-order valence-electron chi connectivity index (χ0n) is 10.5. The van der Waals surface area contributed by atoms with Gasteiger partial charge in [-0.1, -0.05) is 32.9 Å². The van der Waals surface area contributed by atoms with Crippen LogP contribution in [0.1, 0.15) is 34.6 Å². The van der Waals surface area contributed by atoms with E-state index in [0.29, 0.717) is 17.8 Å². The molecule has 0 aromatic rings. The quantitative estimate of drug-likeness (QED) is 0.273. The number of nitrogens with zero attached hydrogens (tertiary/aromatic N) is 1. The summed E-state index contributed by atoms with van der Waals surface area (Å²) in [4.78, 5) is 0. The number of oxime groups is 1. The molecule has 0 aromatic carbocycles. The summed E-state index contributed by atoms with van der Waals surface area (Å²) in [5.41, 5.74) is 5.49. The summed E-state index contributed by atoms with van der Waals surface area (Å²) in [6.45, 7) is 11.7. The number of hydrogen-bond donors (Lipinski definition) is 3. The van der Waals surface area contributed by atoms with Gasteiger partial charge in [0.1, 0.15) is 0 Å². The fraction of sp³-hybridized carbons (Fsp3) is 0.909. The molecule has 0 amide bonds. The van der Waals surface area contributed by atoms with E-state index in [1.165, 1.54) is 0 Å². The molecule has 15 heavy (non-hydrogen) atoms. The minimum atomic E-state index is -0.0741. The van der Waals surface area contributed by atoms with Gasteiger partial charge >= 0.3 is 0 Å². The van der Waals surface area contributed by atoms with Crippen LogP contribution in [0.2, 0.25) is 0 Å². The first-order valence-corrected chi connectivity index (χ1v) is 5.60. The fourth-order valence-electron chi connectivity index (χ4n) is 1.75. The van der Waals surface area contributed by atoms with Gasteiger partial charge in [0.15, 0.2) is 5.84 Å². The van der Waals surface area contributed by atoms with Crippen molar-refractivity contribution in [3.8, 4) is 0 Å². The van der Waals surface area contributed by atoms with E-state index < -0.39 is 0 Å². The fourth-order valence-corrected chi connectivity index (χ4v) is 1.75. The van der Waals surface area contributed by atoms with Crippen molar-refractivity contribution in [1.82, 2.24) is 5.32 Å². The Morgan fingerprint density at radius 1 is 1.20 bits per heavy atom. The number of nitrogens with two attached hydrogens (primary N) is 1. The van der Waals surface area contributed by atoms with E-state index in [1.807, 2.05) is 6.92 Å². The van der Waals surface area contributed by atoms with Gasteiger partial charge in [0.25, 0.3) is 0 Å². The molecule has 0 fully saturated rings. The molecule has 0 saturated heterocycles. The highest BCUT2D eigenvalue weighted by Gasteiger charge is 2.18. The molecule has 0 aromatic heterocycles. The van der Waals surface area contributed by atoms with Gasteiger partial charge in [-0.2, -0.15) is 0 Å². The Hall–Kier alpha value is -0.770. The summed E-state index contributed by atoms with van der Waals surface area (Å²) in [6.07, 6.45) is 0. The molecule has 0 bridgehead atoms. The van der Waals surface area contributed by atoms with Crippen molar-refractivity contribution < 1.29 is 5.21 Å². The molecule has 4 nitrogen and oxygen atoms in total. The zero-order valence-corrected chi connectivity index (χ0v) is 10.5. The molecule has 0 radical (unpaired) electrons. The molecular weight excluding hydrogens is 190 g/mol. The van der Waals surface area contributed by atoms with E-state index in [9.17, 15) is 0 Å². The average molecular weight is 215 g/mol. The highest BCUT2D eigenvalue weighted by atomic mass is 16.4. The largest absolute Gasteiger partial charge is 0.409 e. The zero-order chi connectivity index (χ0) is 12.0. The van der Waals surface area contributed by atoms with Crippen LogP contribution in [0.3, 0.4) is 0 Å². The molecular formula is C11H25N3O.